The third-order valence-electron chi connectivity index (χ3n) is 10.3. The normalized spacial score (nSPS) is 14.8. The topological polar surface area (TPSA) is 133 Å². The molecule has 0 heterocycles. The van der Waals surface area contributed by atoms with E-state index in [0.717, 1.165) is 39.1 Å². The third kappa shape index (κ3) is 10.5. The van der Waals surface area contributed by atoms with Gasteiger partial charge < -0.3 is 21.3 Å². The summed E-state index contributed by atoms with van der Waals surface area (Å²) in [6.07, 6.45) is 0.410. The van der Waals surface area contributed by atoms with E-state index >= 15 is 4.79 Å². The van der Waals surface area contributed by atoms with Crippen molar-refractivity contribution in [2.75, 3.05) is 6.61 Å². The minimum Gasteiger partial charge on any atom is -0.394 e. The fourth-order valence-electron chi connectivity index (χ4n) is 7.30. The predicted molar refractivity (Wildman–Crippen MR) is 210 cm³/mol. The van der Waals surface area contributed by atoms with Crippen LogP contribution in [-0.4, -0.2) is 63.7 Å². The molecule has 0 spiro atoms. The summed E-state index contributed by atoms with van der Waals surface area (Å²) in [7, 11) is 0. The van der Waals surface area contributed by atoms with E-state index in [0.29, 0.717) is 19.3 Å². The van der Waals surface area contributed by atoms with Crippen molar-refractivity contribution in [3.63, 3.8) is 0 Å². The molecule has 0 radical (unpaired) electrons. The van der Waals surface area contributed by atoms with Crippen LogP contribution in [0.15, 0.2) is 84.9 Å². The van der Waals surface area contributed by atoms with Crippen molar-refractivity contribution in [2.45, 2.75) is 104 Å². The van der Waals surface area contributed by atoms with Gasteiger partial charge >= 0.3 is 0 Å². The summed E-state index contributed by atoms with van der Waals surface area (Å²) in [5.41, 5.74) is 8.55. The van der Waals surface area contributed by atoms with Crippen LogP contribution in [0.1, 0.15) is 78.4 Å². The standard InChI is InChI=1S/C44H59N3O5/c1-7-30(6)39(27-48)46-42(50)26-41(49)40(23-29(4)5)47(44(52)38(45)22-28(2)3)43(51)35(24-33-18-12-16-31-14-8-10-20-36(31)33)25-34-19-13-17-32-15-9-11-21-37(32)34/h8-21,28-30,35,38-41,48-49H,7,22-27,45H2,1-6H3,(H,46,50)/t30-,38-,39+,40-,41-/m0/s1. The number of fused-ring (bicyclic) bond motifs is 2. The van der Waals surface area contributed by atoms with Crippen molar-refractivity contribution in [1.29, 1.82) is 0 Å². The molecule has 3 amide bonds. The summed E-state index contributed by atoms with van der Waals surface area (Å²) in [6.45, 7) is 11.6. The van der Waals surface area contributed by atoms with Gasteiger partial charge in [-0.2, -0.15) is 0 Å². The Morgan fingerprint density at radius 1 is 0.731 bits per heavy atom. The van der Waals surface area contributed by atoms with Gasteiger partial charge in [-0.1, -0.05) is 133 Å². The summed E-state index contributed by atoms with van der Waals surface area (Å²) < 4.78 is 0. The number of carbonyl (C=O) groups is 3. The first-order valence-corrected chi connectivity index (χ1v) is 19.0. The second kappa shape index (κ2) is 19.1. The molecule has 0 aliphatic heterocycles. The van der Waals surface area contributed by atoms with Gasteiger partial charge in [0.1, 0.15) is 0 Å². The lowest BCUT2D eigenvalue weighted by atomic mass is 9.86. The molecule has 8 nitrogen and oxygen atoms in total. The number of amides is 3. The molecule has 0 unspecified atom stereocenters. The van der Waals surface area contributed by atoms with Crippen LogP contribution in [0.4, 0.5) is 0 Å². The predicted octanol–water partition coefficient (Wildman–Crippen LogP) is 6.81. The van der Waals surface area contributed by atoms with Crippen LogP contribution >= 0.6 is 0 Å². The van der Waals surface area contributed by atoms with Crippen molar-refractivity contribution in [2.24, 2.45) is 29.4 Å². The van der Waals surface area contributed by atoms with Crippen LogP contribution in [0.25, 0.3) is 21.5 Å². The lowest BCUT2D eigenvalue weighted by Crippen LogP contribution is -2.58. The monoisotopic (exact) mass is 709 g/mol. The van der Waals surface area contributed by atoms with Crippen molar-refractivity contribution in [3.05, 3.63) is 96.1 Å². The fourth-order valence-corrected chi connectivity index (χ4v) is 7.30. The summed E-state index contributed by atoms with van der Waals surface area (Å²) in [6, 6.07) is 25.8. The van der Waals surface area contributed by atoms with E-state index in [1.807, 2.05) is 114 Å². The van der Waals surface area contributed by atoms with E-state index in [2.05, 4.69) is 17.4 Å². The second-order valence-corrected chi connectivity index (χ2v) is 15.4. The van der Waals surface area contributed by atoms with Gasteiger partial charge in [-0.25, -0.2) is 0 Å². The molecule has 8 heteroatoms. The molecule has 52 heavy (non-hydrogen) atoms. The van der Waals surface area contributed by atoms with E-state index in [1.54, 1.807) is 0 Å². The molecule has 280 valence electrons. The maximum atomic E-state index is 15.3. The summed E-state index contributed by atoms with van der Waals surface area (Å²) in [5, 5.41) is 28.9. The van der Waals surface area contributed by atoms with Gasteiger partial charge in [0.2, 0.25) is 17.7 Å². The maximum Gasteiger partial charge on any atom is 0.246 e. The molecule has 4 rings (SSSR count). The molecule has 4 aromatic rings. The Bertz CT molecular complexity index is 1700. The first kappa shape index (κ1) is 40.7. The Balaban J connectivity index is 1.82. The molecule has 4 aromatic carbocycles. The zero-order valence-corrected chi connectivity index (χ0v) is 31.8. The van der Waals surface area contributed by atoms with E-state index in [1.165, 1.54) is 4.90 Å². The van der Waals surface area contributed by atoms with Gasteiger partial charge in [-0.15, -0.1) is 0 Å². The van der Waals surface area contributed by atoms with Crippen molar-refractivity contribution in [1.82, 2.24) is 10.2 Å². The fraction of sp³-hybridized carbons (Fsp3) is 0.477. The van der Waals surface area contributed by atoms with Gasteiger partial charge in [0.25, 0.3) is 0 Å². The zero-order chi connectivity index (χ0) is 37.9. The van der Waals surface area contributed by atoms with Crippen LogP contribution in [0, 0.1) is 23.7 Å². The number of carbonyl (C=O) groups excluding carboxylic acids is 3. The van der Waals surface area contributed by atoms with Crippen LogP contribution in [0.5, 0.6) is 0 Å². The Hall–Kier alpha value is -4.11. The van der Waals surface area contributed by atoms with Gasteiger partial charge in [-0.3, -0.25) is 19.3 Å². The van der Waals surface area contributed by atoms with Gasteiger partial charge in [0, 0.05) is 5.92 Å². The van der Waals surface area contributed by atoms with Crippen LogP contribution in [0.2, 0.25) is 0 Å². The number of nitrogens with two attached hydrogens (primary N) is 1. The van der Waals surface area contributed by atoms with Crippen molar-refractivity contribution >= 4 is 39.3 Å². The number of rotatable bonds is 18. The molecular formula is C44H59N3O5. The number of aliphatic hydroxyl groups excluding tert-OH is 2. The Kier molecular flexibility index (Phi) is 14.9. The number of hydrogen-bond donors (Lipinski definition) is 4. The second-order valence-electron chi connectivity index (χ2n) is 15.4. The molecule has 5 atom stereocenters. The average Bonchev–Trinajstić information content (AvgIpc) is 3.12. The lowest BCUT2D eigenvalue weighted by molar-refractivity contribution is -0.156. The SMILES string of the molecule is CC[C@H](C)[C@@H](CO)NC(=O)C[C@H](O)[C@H](CC(C)C)N(C(=O)C(Cc1cccc2ccccc12)Cc1cccc2ccccc12)C(=O)[C@@H](N)CC(C)C. The highest BCUT2D eigenvalue weighted by Crippen LogP contribution is 2.30. The van der Waals surface area contributed by atoms with Crippen molar-refractivity contribution in [3.8, 4) is 0 Å². The third-order valence-corrected chi connectivity index (χ3v) is 10.3. The molecule has 0 aromatic heterocycles. The first-order valence-electron chi connectivity index (χ1n) is 19.0. The summed E-state index contributed by atoms with van der Waals surface area (Å²) >= 11 is 0. The Morgan fingerprint density at radius 3 is 1.71 bits per heavy atom. The molecule has 0 saturated carbocycles. The average molecular weight is 710 g/mol. The van der Waals surface area contributed by atoms with E-state index in [9.17, 15) is 19.8 Å². The zero-order valence-electron chi connectivity index (χ0n) is 31.8. The molecule has 5 N–H and O–H groups in total. The first-order chi connectivity index (χ1) is 24.8. The maximum absolute atomic E-state index is 15.3. The van der Waals surface area contributed by atoms with Crippen LogP contribution in [-0.2, 0) is 27.2 Å². The smallest absolute Gasteiger partial charge is 0.246 e. The number of benzene rings is 4. The van der Waals surface area contributed by atoms with Crippen LogP contribution < -0.4 is 11.1 Å². The largest absolute Gasteiger partial charge is 0.394 e. The molecular weight excluding hydrogens is 651 g/mol. The van der Waals surface area contributed by atoms with Gasteiger partial charge in [0.05, 0.1) is 37.3 Å². The van der Waals surface area contributed by atoms with Crippen molar-refractivity contribution < 1.29 is 24.6 Å². The number of nitrogens with one attached hydrogen (secondary N) is 1. The molecule has 0 aliphatic carbocycles. The summed E-state index contributed by atoms with van der Waals surface area (Å²) in [4.78, 5) is 44.5. The quantitative estimate of drug-likeness (QED) is 0.0898. The van der Waals surface area contributed by atoms with E-state index in [4.69, 9.17) is 5.73 Å². The highest BCUT2D eigenvalue weighted by atomic mass is 16.3. The number of aliphatic hydroxyl groups is 2. The molecule has 0 aliphatic rings. The number of hydrogen-bond acceptors (Lipinski definition) is 6. The van der Waals surface area contributed by atoms with Crippen LogP contribution in [0.3, 0.4) is 0 Å². The minimum atomic E-state index is -1.35. The molecule has 0 bridgehead atoms. The Morgan fingerprint density at radius 2 is 1.23 bits per heavy atom. The Labute approximate surface area is 309 Å². The highest BCUT2D eigenvalue weighted by Gasteiger charge is 2.41. The molecule has 0 fully saturated rings. The highest BCUT2D eigenvalue weighted by molar-refractivity contribution is 6.00. The number of nitrogens with zero attached hydrogens (tertiary/aromatic N) is 1. The number of imide groups is 1. The lowest BCUT2D eigenvalue weighted by Gasteiger charge is -2.38. The van der Waals surface area contributed by atoms with Gasteiger partial charge in [-0.05, 0) is 76.1 Å². The van der Waals surface area contributed by atoms with Gasteiger partial charge in [0.15, 0.2) is 0 Å². The summed E-state index contributed by atoms with van der Waals surface area (Å²) in [5.74, 6) is -2.00. The van der Waals surface area contributed by atoms with E-state index in [-0.39, 0.29) is 37.2 Å². The molecule has 0 saturated heterocycles. The minimum absolute atomic E-state index is 0.0213. The van der Waals surface area contributed by atoms with E-state index < -0.39 is 47.9 Å².